The van der Waals surface area contributed by atoms with Gasteiger partial charge in [-0.1, -0.05) is 24.3 Å². The number of amides is 1. The van der Waals surface area contributed by atoms with E-state index in [0.717, 1.165) is 37.9 Å². The van der Waals surface area contributed by atoms with Crippen LogP contribution < -0.4 is 0 Å². The first kappa shape index (κ1) is 15.8. The van der Waals surface area contributed by atoms with Gasteiger partial charge in [0.15, 0.2) is 12.1 Å². The fourth-order valence-corrected chi connectivity index (χ4v) is 3.72. The van der Waals surface area contributed by atoms with Crippen LogP contribution in [0.4, 0.5) is 0 Å². The SMILES string of the molecule is Cc1ocnc1C(=O)N1CCC[C@@H](Cc2cccc3cccnc23)C1. The minimum absolute atomic E-state index is 0.0213. The number of para-hydroxylation sites is 1. The standard InChI is InChI=1S/C20H21N3O2/c1-14-18(22-13-25-14)20(24)23-10-4-5-15(12-23)11-17-7-2-6-16-8-3-9-21-19(16)17/h2-3,6-9,13,15H,4-5,10-12H2,1H3/t15-/m0/s1. The van der Waals surface area contributed by atoms with E-state index in [-0.39, 0.29) is 5.91 Å². The van der Waals surface area contributed by atoms with Gasteiger partial charge in [0.1, 0.15) is 5.76 Å². The summed E-state index contributed by atoms with van der Waals surface area (Å²) in [6.45, 7) is 3.33. The van der Waals surface area contributed by atoms with Gasteiger partial charge in [0.2, 0.25) is 0 Å². The average Bonchev–Trinajstić information content (AvgIpc) is 3.08. The first-order valence-electron chi connectivity index (χ1n) is 8.74. The van der Waals surface area contributed by atoms with Crippen molar-refractivity contribution in [3.63, 3.8) is 0 Å². The Labute approximate surface area is 146 Å². The Kier molecular flexibility index (Phi) is 4.22. The molecule has 5 heteroatoms. The molecule has 0 bridgehead atoms. The average molecular weight is 335 g/mol. The van der Waals surface area contributed by atoms with E-state index in [4.69, 9.17) is 4.42 Å². The number of piperidine rings is 1. The maximum absolute atomic E-state index is 12.7. The second-order valence-corrected chi connectivity index (χ2v) is 6.71. The molecular formula is C20H21N3O2. The lowest BCUT2D eigenvalue weighted by Crippen LogP contribution is -2.40. The molecule has 2 aromatic heterocycles. The third-order valence-electron chi connectivity index (χ3n) is 4.98. The Bertz CT molecular complexity index is 897. The van der Waals surface area contributed by atoms with Crippen LogP contribution in [0.1, 0.15) is 34.7 Å². The number of fused-ring (bicyclic) bond motifs is 1. The lowest BCUT2D eigenvalue weighted by Gasteiger charge is -2.32. The molecule has 3 aromatic rings. The number of nitrogens with zero attached hydrogens (tertiary/aromatic N) is 3. The molecular weight excluding hydrogens is 314 g/mol. The number of hydrogen-bond acceptors (Lipinski definition) is 4. The van der Waals surface area contributed by atoms with E-state index >= 15 is 0 Å². The van der Waals surface area contributed by atoms with Gasteiger partial charge in [-0.25, -0.2) is 4.98 Å². The summed E-state index contributed by atoms with van der Waals surface area (Å²) in [5, 5.41) is 1.17. The number of oxazole rings is 1. The summed E-state index contributed by atoms with van der Waals surface area (Å²) in [7, 11) is 0. The maximum atomic E-state index is 12.7. The van der Waals surface area contributed by atoms with Crippen LogP contribution in [0.5, 0.6) is 0 Å². The van der Waals surface area contributed by atoms with E-state index in [1.54, 1.807) is 6.92 Å². The van der Waals surface area contributed by atoms with Gasteiger partial charge in [-0.15, -0.1) is 0 Å². The Balaban J connectivity index is 1.52. The fraction of sp³-hybridized carbons (Fsp3) is 0.350. The van der Waals surface area contributed by atoms with Crippen molar-refractivity contribution in [3.8, 4) is 0 Å². The zero-order chi connectivity index (χ0) is 17.2. The van der Waals surface area contributed by atoms with Crippen LogP contribution in [-0.2, 0) is 6.42 Å². The van der Waals surface area contributed by atoms with Crippen molar-refractivity contribution in [2.45, 2.75) is 26.2 Å². The lowest BCUT2D eigenvalue weighted by molar-refractivity contribution is 0.0666. The molecule has 0 spiro atoms. The number of aryl methyl sites for hydroxylation is 1. The monoisotopic (exact) mass is 335 g/mol. The minimum atomic E-state index is -0.0213. The van der Waals surface area contributed by atoms with Gasteiger partial charge in [0.25, 0.3) is 5.91 Å². The molecule has 0 aliphatic carbocycles. The fourth-order valence-electron chi connectivity index (χ4n) is 3.72. The van der Waals surface area contributed by atoms with Crippen LogP contribution in [-0.4, -0.2) is 33.9 Å². The van der Waals surface area contributed by atoms with Gasteiger partial charge in [-0.2, -0.15) is 0 Å². The number of rotatable bonds is 3. The second kappa shape index (κ2) is 6.67. The summed E-state index contributed by atoms with van der Waals surface area (Å²) >= 11 is 0. The molecule has 4 rings (SSSR count). The molecule has 0 unspecified atom stereocenters. The summed E-state index contributed by atoms with van der Waals surface area (Å²) in [5.41, 5.74) is 2.77. The van der Waals surface area contributed by atoms with Gasteiger partial charge in [0, 0.05) is 24.7 Å². The highest BCUT2D eigenvalue weighted by molar-refractivity contribution is 5.93. The van der Waals surface area contributed by atoms with Gasteiger partial charge in [-0.05, 0) is 43.7 Å². The zero-order valence-electron chi connectivity index (χ0n) is 14.3. The summed E-state index contributed by atoms with van der Waals surface area (Å²) in [6.07, 6.45) is 6.27. The van der Waals surface area contributed by atoms with Crippen molar-refractivity contribution in [2.24, 2.45) is 5.92 Å². The molecule has 1 aliphatic rings. The summed E-state index contributed by atoms with van der Waals surface area (Å²) < 4.78 is 5.18. The third kappa shape index (κ3) is 3.14. The van der Waals surface area contributed by atoms with E-state index in [1.165, 1.54) is 17.3 Å². The van der Waals surface area contributed by atoms with Crippen molar-refractivity contribution in [1.82, 2.24) is 14.9 Å². The van der Waals surface area contributed by atoms with Crippen molar-refractivity contribution >= 4 is 16.8 Å². The van der Waals surface area contributed by atoms with E-state index < -0.39 is 0 Å². The smallest absolute Gasteiger partial charge is 0.276 e. The number of carbonyl (C=O) groups excluding carboxylic acids is 1. The molecule has 3 heterocycles. The number of pyridine rings is 1. The molecule has 128 valence electrons. The van der Waals surface area contributed by atoms with Crippen molar-refractivity contribution in [1.29, 1.82) is 0 Å². The molecule has 1 fully saturated rings. The molecule has 1 aromatic carbocycles. The summed E-state index contributed by atoms with van der Waals surface area (Å²) in [6, 6.07) is 10.4. The molecule has 0 N–H and O–H groups in total. The quantitative estimate of drug-likeness (QED) is 0.733. The number of likely N-dealkylation sites (tertiary alicyclic amines) is 1. The Morgan fingerprint density at radius 3 is 3.00 bits per heavy atom. The first-order chi connectivity index (χ1) is 12.2. The molecule has 5 nitrogen and oxygen atoms in total. The van der Waals surface area contributed by atoms with Gasteiger partial charge in [0.05, 0.1) is 5.52 Å². The summed E-state index contributed by atoms with van der Waals surface area (Å²) in [4.78, 5) is 23.2. The van der Waals surface area contributed by atoms with Crippen LogP contribution in [0.2, 0.25) is 0 Å². The van der Waals surface area contributed by atoms with Crippen LogP contribution >= 0.6 is 0 Å². The van der Waals surface area contributed by atoms with E-state index in [0.29, 0.717) is 17.4 Å². The lowest BCUT2D eigenvalue weighted by atomic mass is 9.90. The molecule has 1 saturated heterocycles. The topological polar surface area (TPSA) is 59.2 Å². The highest BCUT2D eigenvalue weighted by Gasteiger charge is 2.27. The molecule has 0 saturated carbocycles. The van der Waals surface area contributed by atoms with Gasteiger partial charge < -0.3 is 9.32 Å². The van der Waals surface area contributed by atoms with Gasteiger partial charge >= 0.3 is 0 Å². The normalized spacial score (nSPS) is 17.8. The van der Waals surface area contributed by atoms with Crippen LogP contribution in [0.25, 0.3) is 10.9 Å². The molecule has 0 radical (unpaired) electrons. The molecule has 1 aliphatic heterocycles. The van der Waals surface area contributed by atoms with E-state index in [2.05, 4.69) is 34.2 Å². The highest BCUT2D eigenvalue weighted by Crippen LogP contribution is 2.25. The molecule has 1 amide bonds. The second-order valence-electron chi connectivity index (χ2n) is 6.71. The number of benzene rings is 1. The largest absolute Gasteiger partial charge is 0.448 e. The Hall–Kier alpha value is -2.69. The minimum Gasteiger partial charge on any atom is -0.448 e. The van der Waals surface area contributed by atoms with Crippen LogP contribution in [0.15, 0.2) is 47.3 Å². The highest BCUT2D eigenvalue weighted by atomic mass is 16.3. The molecule has 25 heavy (non-hydrogen) atoms. The van der Waals surface area contributed by atoms with Crippen molar-refractivity contribution in [3.05, 3.63) is 59.9 Å². The number of hydrogen-bond donors (Lipinski definition) is 0. The first-order valence-corrected chi connectivity index (χ1v) is 8.74. The van der Waals surface area contributed by atoms with E-state index in [9.17, 15) is 4.79 Å². The third-order valence-corrected chi connectivity index (χ3v) is 4.98. The van der Waals surface area contributed by atoms with E-state index in [1.807, 2.05) is 17.2 Å². The number of aromatic nitrogens is 2. The van der Waals surface area contributed by atoms with Crippen LogP contribution in [0.3, 0.4) is 0 Å². The summed E-state index contributed by atoms with van der Waals surface area (Å²) in [5.74, 6) is 1.01. The predicted octanol–water partition coefficient (Wildman–Crippen LogP) is 3.63. The van der Waals surface area contributed by atoms with Crippen LogP contribution in [0, 0.1) is 12.8 Å². The van der Waals surface area contributed by atoms with Crippen molar-refractivity contribution < 1.29 is 9.21 Å². The predicted molar refractivity (Wildman–Crippen MR) is 95.3 cm³/mol. The zero-order valence-corrected chi connectivity index (χ0v) is 14.3. The Morgan fingerprint density at radius 2 is 2.16 bits per heavy atom. The van der Waals surface area contributed by atoms with Crippen molar-refractivity contribution in [2.75, 3.05) is 13.1 Å². The molecule has 1 atom stereocenters. The number of carbonyl (C=O) groups is 1. The Morgan fingerprint density at radius 1 is 1.28 bits per heavy atom. The van der Waals surface area contributed by atoms with Gasteiger partial charge in [-0.3, -0.25) is 9.78 Å². The maximum Gasteiger partial charge on any atom is 0.276 e.